The summed E-state index contributed by atoms with van der Waals surface area (Å²) in [7, 11) is 0. The fraction of sp³-hybridized carbons (Fsp3) is 0.875. The smallest absolute Gasteiger partial charge is 0.0678 e. The van der Waals surface area contributed by atoms with Gasteiger partial charge in [0.1, 0.15) is 0 Å². The number of fused-ring (bicyclic) bond motifs is 6. The predicted molar refractivity (Wildman–Crippen MR) is 140 cm³/mol. The molecule has 0 amide bonds. The van der Waals surface area contributed by atoms with E-state index in [4.69, 9.17) is 14.7 Å². The van der Waals surface area contributed by atoms with Crippen molar-refractivity contribution in [2.45, 2.75) is 118 Å². The van der Waals surface area contributed by atoms with Crippen LogP contribution in [0, 0.1) is 50.7 Å². The van der Waals surface area contributed by atoms with Crippen LogP contribution < -0.4 is 0 Å². The molecule has 0 radical (unpaired) electrons. The van der Waals surface area contributed by atoms with Crippen LogP contribution in [0.25, 0.3) is 0 Å². The third kappa shape index (κ3) is 2.58. The van der Waals surface area contributed by atoms with E-state index in [1.807, 2.05) is 12.4 Å². The Morgan fingerprint density at radius 2 is 1.51 bits per heavy atom. The molecule has 1 aliphatic heterocycles. The standard InChI is InChI=1S/C32H48N2O/c1-27(2)12-14-32-15-13-30(6)20(24(32)26(27)35-19-32)8-9-23-29(5)18-21-25(34-17-16-33-21)28(3,4)22(29)10-11-31(23,30)7/h16-17,20,22-24,26H,8-15,18-19H2,1-7H3/t20-,22+,23-,24+,26-,29-,30-,31-,32+/m1/s1. The fourth-order valence-electron chi connectivity index (χ4n) is 12.3. The summed E-state index contributed by atoms with van der Waals surface area (Å²) in [5.41, 5.74) is 4.62. The molecule has 7 rings (SSSR count). The molecule has 4 saturated carbocycles. The molecule has 0 unspecified atom stereocenters. The summed E-state index contributed by atoms with van der Waals surface area (Å²) in [6.07, 6.45) is 16.6. The van der Waals surface area contributed by atoms with Crippen LogP contribution in [0.5, 0.6) is 0 Å². The lowest BCUT2D eigenvalue weighted by atomic mass is 9.31. The van der Waals surface area contributed by atoms with Crippen LogP contribution in [0.2, 0.25) is 0 Å². The van der Waals surface area contributed by atoms with E-state index in [9.17, 15) is 0 Å². The van der Waals surface area contributed by atoms with Crippen LogP contribution in [0.4, 0.5) is 0 Å². The van der Waals surface area contributed by atoms with E-state index in [0.717, 1.165) is 30.8 Å². The van der Waals surface area contributed by atoms with Crippen LogP contribution in [-0.4, -0.2) is 22.7 Å². The number of nitrogens with zero attached hydrogens (tertiary/aromatic N) is 2. The summed E-state index contributed by atoms with van der Waals surface area (Å²) >= 11 is 0. The highest BCUT2D eigenvalue weighted by Gasteiger charge is 2.72. The van der Waals surface area contributed by atoms with Gasteiger partial charge >= 0.3 is 0 Å². The molecule has 2 heterocycles. The summed E-state index contributed by atoms with van der Waals surface area (Å²) in [5.74, 6) is 3.07. The first kappa shape index (κ1) is 23.2. The molecule has 9 atom stereocenters. The first-order chi connectivity index (χ1) is 16.4. The van der Waals surface area contributed by atoms with Gasteiger partial charge in [-0.1, -0.05) is 48.5 Å². The zero-order valence-corrected chi connectivity index (χ0v) is 23.4. The van der Waals surface area contributed by atoms with E-state index in [1.165, 1.54) is 62.8 Å². The van der Waals surface area contributed by atoms with Gasteiger partial charge in [0.15, 0.2) is 0 Å². The van der Waals surface area contributed by atoms with Crippen molar-refractivity contribution in [1.82, 2.24) is 9.97 Å². The van der Waals surface area contributed by atoms with Gasteiger partial charge in [-0.25, -0.2) is 0 Å². The molecule has 192 valence electrons. The van der Waals surface area contributed by atoms with E-state index in [1.54, 1.807) is 0 Å². The van der Waals surface area contributed by atoms with Crippen LogP contribution >= 0.6 is 0 Å². The average molecular weight is 477 g/mol. The summed E-state index contributed by atoms with van der Waals surface area (Å²) in [5, 5.41) is 0. The van der Waals surface area contributed by atoms with Crippen LogP contribution in [0.15, 0.2) is 12.4 Å². The number of hydrogen-bond acceptors (Lipinski definition) is 3. The zero-order valence-electron chi connectivity index (χ0n) is 23.4. The van der Waals surface area contributed by atoms with Gasteiger partial charge in [0.05, 0.1) is 24.1 Å². The van der Waals surface area contributed by atoms with Gasteiger partial charge in [0.25, 0.3) is 0 Å². The van der Waals surface area contributed by atoms with Crippen molar-refractivity contribution >= 4 is 0 Å². The summed E-state index contributed by atoms with van der Waals surface area (Å²) in [4.78, 5) is 9.83. The quantitative estimate of drug-likeness (QED) is 0.392. The molecular formula is C32H48N2O. The maximum absolute atomic E-state index is 6.75. The minimum Gasteiger partial charge on any atom is -0.377 e. The van der Waals surface area contributed by atoms with Crippen molar-refractivity contribution in [1.29, 1.82) is 0 Å². The SMILES string of the molecule is CC1(C)CC[C@@]23CC[C@]4(C)[C@H](CC[C@@H]5[C@]6(C)Cc7nccnc7C(C)(C)[C@@H]6CC[C@]54C)[C@H]2[C@H]1OC3. The second kappa shape index (κ2) is 6.72. The van der Waals surface area contributed by atoms with Gasteiger partial charge in [-0.2, -0.15) is 0 Å². The first-order valence-corrected chi connectivity index (χ1v) is 14.8. The molecule has 1 aromatic heterocycles. The average Bonchev–Trinajstić information content (AvgIpc) is 3.13. The van der Waals surface area contributed by atoms with Crippen molar-refractivity contribution < 1.29 is 4.74 Å². The van der Waals surface area contributed by atoms with Gasteiger partial charge in [0, 0.05) is 17.8 Å². The summed E-state index contributed by atoms with van der Waals surface area (Å²) in [6, 6.07) is 0. The first-order valence-electron chi connectivity index (χ1n) is 14.8. The molecule has 1 aromatic rings. The fourth-order valence-corrected chi connectivity index (χ4v) is 12.3. The molecule has 2 bridgehead atoms. The summed E-state index contributed by atoms with van der Waals surface area (Å²) in [6.45, 7) is 19.2. The van der Waals surface area contributed by atoms with Crippen LogP contribution in [0.1, 0.15) is 111 Å². The van der Waals surface area contributed by atoms with Crippen molar-refractivity contribution in [3.05, 3.63) is 23.8 Å². The number of rotatable bonds is 0. The molecule has 0 N–H and O–H groups in total. The van der Waals surface area contributed by atoms with E-state index in [2.05, 4.69) is 48.5 Å². The Morgan fingerprint density at radius 1 is 0.771 bits per heavy atom. The lowest BCUT2D eigenvalue weighted by molar-refractivity contribution is -0.233. The highest BCUT2D eigenvalue weighted by atomic mass is 16.5. The van der Waals surface area contributed by atoms with Crippen LogP contribution in [-0.2, 0) is 16.6 Å². The third-order valence-corrected chi connectivity index (χ3v) is 14.2. The maximum Gasteiger partial charge on any atom is 0.0678 e. The minimum absolute atomic E-state index is 0.104. The lowest BCUT2D eigenvalue weighted by Gasteiger charge is -2.72. The van der Waals surface area contributed by atoms with Gasteiger partial charge < -0.3 is 4.74 Å². The van der Waals surface area contributed by atoms with Crippen molar-refractivity contribution in [2.75, 3.05) is 6.61 Å². The van der Waals surface area contributed by atoms with Crippen molar-refractivity contribution in [3.63, 3.8) is 0 Å². The molecule has 3 nitrogen and oxygen atoms in total. The Bertz CT molecular complexity index is 1060. The van der Waals surface area contributed by atoms with Gasteiger partial charge in [-0.15, -0.1) is 0 Å². The number of ether oxygens (including phenoxy) is 1. The minimum atomic E-state index is 0.104. The molecule has 0 spiro atoms. The van der Waals surface area contributed by atoms with Gasteiger partial charge in [-0.05, 0) is 109 Å². The number of hydrogen-bond donors (Lipinski definition) is 0. The number of aromatic nitrogens is 2. The maximum atomic E-state index is 6.75. The topological polar surface area (TPSA) is 35.0 Å². The van der Waals surface area contributed by atoms with Gasteiger partial charge in [-0.3, -0.25) is 9.97 Å². The highest BCUT2D eigenvalue weighted by Crippen LogP contribution is 2.77. The molecule has 6 aliphatic rings. The van der Waals surface area contributed by atoms with E-state index in [-0.39, 0.29) is 5.41 Å². The molecule has 1 saturated heterocycles. The predicted octanol–water partition coefficient (Wildman–Crippen LogP) is 7.38. The van der Waals surface area contributed by atoms with Gasteiger partial charge in [0.2, 0.25) is 0 Å². The van der Waals surface area contributed by atoms with E-state index < -0.39 is 0 Å². The zero-order chi connectivity index (χ0) is 24.6. The van der Waals surface area contributed by atoms with Crippen molar-refractivity contribution in [3.8, 4) is 0 Å². The van der Waals surface area contributed by atoms with Crippen molar-refractivity contribution in [2.24, 2.45) is 50.7 Å². The van der Waals surface area contributed by atoms with Crippen LogP contribution in [0.3, 0.4) is 0 Å². The molecule has 5 fully saturated rings. The third-order valence-electron chi connectivity index (χ3n) is 14.2. The normalized spacial score (nSPS) is 52.9. The van der Waals surface area contributed by atoms with E-state index >= 15 is 0 Å². The monoisotopic (exact) mass is 476 g/mol. The Labute approximate surface area is 213 Å². The molecular weight excluding hydrogens is 428 g/mol. The lowest BCUT2D eigenvalue weighted by Crippen LogP contribution is -2.67. The summed E-state index contributed by atoms with van der Waals surface area (Å²) < 4.78 is 6.75. The second-order valence-electron chi connectivity index (χ2n) is 16.0. The molecule has 35 heavy (non-hydrogen) atoms. The Morgan fingerprint density at radius 3 is 2.31 bits per heavy atom. The Hall–Kier alpha value is -0.960. The highest BCUT2D eigenvalue weighted by molar-refractivity contribution is 5.32. The Kier molecular flexibility index (Phi) is 4.45. The molecule has 5 aliphatic carbocycles. The Balaban J connectivity index is 1.31. The largest absolute Gasteiger partial charge is 0.377 e. The second-order valence-corrected chi connectivity index (χ2v) is 16.0. The van der Waals surface area contributed by atoms with E-state index in [0.29, 0.717) is 39.1 Å². The molecule has 3 heteroatoms. The molecule has 0 aromatic carbocycles.